The van der Waals surface area contributed by atoms with E-state index in [1.165, 1.54) is 10.7 Å². The van der Waals surface area contributed by atoms with E-state index in [1.54, 1.807) is 42.6 Å². The second-order valence-corrected chi connectivity index (χ2v) is 10.9. The van der Waals surface area contributed by atoms with Crippen LogP contribution in [-0.2, 0) is 18.4 Å². The highest BCUT2D eigenvalue weighted by Crippen LogP contribution is 2.34. The van der Waals surface area contributed by atoms with Crippen molar-refractivity contribution in [3.63, 3.8) is 0 Å². The maximum Gasteiger partial charge on any atom is 0.282 e. The van der Waals surface area contributed by atoms with Crippen LogP contribution in [0, 0.1) is 5.82 Å². The third-order valence-corrected chi connectivity index (χ3v) is 6.44. The monoisotopic (exact) mass is 591 g/mol. The highest BCUT2D eigenvalue weighted by molar-refractivity contribution is 9.10. The molecule has 0 saturated heterocycles. The van der Waals surface area contributed by atoms with Gasteiger partial charge in [0.25, 0.3) is 5.56 Å². The summed E-state index contributed by atoms with van der Waals surface area (Å²) in [5.74, 6) is 1.22. The van der Waals surface area contributed by atoms with Crippen LogP contribution in [0.1, 0.15) is 50.2 Å². The average Bonchev–Trinajstić information content (AvgIpc) is 2.88. The smallest absolute Gasteiger partial charge is 0.282 e. The lowest BCUT2D eigenvalue weighted by Gasteiger charge is -2.21. The van der Waals surface area contributed by atoms with Gasteiger partial charge in [0.15, 0.2) is 11.5 Å². The van der Waals surface area contributed by atoms with Crippen LogP contribution >= 0.6 is 15.9 Å². The average molecular weight is 593 g/mol. The molecule has 0 fully saturated rings. The fourth-order valence-electron chi connectivity index (χ4n) is 4.12. The molecule has 6 nitrogen and oxygen atoms in total. The van der Waals surface area contributed by atoms with Gasteiger partial charge in [-0.1, -0.05) is 61.0 Å². The second kappa shape index (κ2) is 11.9. The maximum absolute atomic E-state index is 14.2. The van der Waals surface area contributed by atoms with Gasteiger partial charge in [-0.15, -0.1) is 6.58 Å². The third kappa shape index (κ3) is 6.45. The predicted octanol–water partition coefficient (Wildman–Crippen LogP) is 7.18. The van der Waals surface area contributed by atoms with Crippen LogP contribution in [0.4, 0.5) is 4.39 Å². The summed E-state index contributed by atoms with van der Waals surface area (Å²) in [6.07, 6.45) is 3.86. The second-order valence-electron chi connectivity index (χ2n) is 10.0. The zero-order chi connectivity index (χ0) is 28.2. The summed E-state index contributed by atoms with van der Waals surface area (Å²) in [4.78, 5) is 18.3. The van der Waals surface area contributed by atoms with Crippen LogP contribution < -0.4 is 15.0 Å². The van der Waals surface area contributed by atoms with Gasteiger partial charge in [0.05, 0.1) is 23.7 Å². The Hall–Kier alpha value is -3.78. The van der Waals surface area contributed by atoms with Crippen molar-refractivity contribution in [2.24, 2.45) is 5.10 Å². The van der Waals surface area contributed by atoms with Crippen LogP contribution in [0.3, 0.4) is 0 Å². The van der Waals surface area contributed by atoms with Crippen molar-refractivity contribution in [3.8, 4) is 11.5 Å². The molecule has 4 aromatic rings. The van der Waals surface area contributed by atoms with Crippen LogP contribution in [0.25, 0.3) is 10.9 Å². The van der Waals surface area contributed by atoms with Gasteiger partial charge < -0.3 is 9.47 Å². The molecule has 0 amide bonds. The van der Waals surface area contributed by atoms with Gasteiger partial charge in [-0.25, -0.2) is 9.37 Å². The zero-order valence-electron chi connectivity index (χ0n) is 22.5. The molecule has 0 spiro atoms. The fourth-order valence-corrected chi connectivity index (χ4v) is 4.48. The molecule has 202 valence electrons. The molecular weight excluding hydrogens is 561 g/mol. The Kier molecular flexibility index (Phi) is 8.65. The summed E-state index contributed by atoms with van der Waals surface area (Å²) < 4.78 is 28.3. The Balaban J connectivity index is 1.79. The Morgan fingerprint density at radius 1 is 1.10 bits per heavy atom. The van der Waals surface area contributed by atoms with Gasteiger partial charge in [0.1, 0.15) is 18.2 Å². The van der Waals surface area contributed by atoms with E-state index in [4.69, 9.17) is 14.5 Å². The minimum absolute atomic E-state index is 0.0486. The van der Waals surface area contributed by atoms with Crippen molar-refractivity contribution in [3.05, 3.63) is 110 Å². The van der Waals surface area contributed by atoms with Gasteiger partial charge in [-0.3, -0.25) is 4.79 Å². The molecule has 0 unspecified atom stereocenters. The predicted molar refractivity (Wildman–Crippen MR) is 158 cm³/mol. The first-order valence-electron chi connectivity index (χ1n) is 12.7. The number of aromatic nitrogens is 2. The molecule has 0 atom stereocenters. The van der Waals surface area contributed by atoms with Gasteiger partial charge in [0.2, 0.25) is 0 Å². The molecule has 0 aliphatic rings. The molecule has 39 heavy (non-hydrogen) atoms. The molecule has 4 rings (SSSR count). The third-order valence-electron chi connectivity index (χ3n) is 5.95. The van der Waals surface area contributed by atoms with Gasteiger partial charge in [-0.05, 0) is 55.3 Å². The lowest BCUT2D eigenvalue weighted by Crippen LogP contribution is -2.29. The van der Waals surface area contributed by atoms with E-state index in [9.17, 15) is 9.18 Å². The number of hydrogen-bond acceptors (Lipinski definition) is 5. The van der Waals surface area contributed by atoms with Crippen molar-refractivity contribution in [1.29, 1.82) is 0 Å². The standard InChI is InChI=1S/C31H31BrFN3O3/c1-6-10-21-15-20(16-27(38-7-2)28(21)39-19-22-11-8-9-12-25(22)33)18-34-36-29(37)24-17-23(32)13-14-26(24)35-30(36)31(3,4)5/h6,8-9,11-18H,1,7,10,19H2,2-5H3. The molecule has 8 heteroatoms. The first-order chi connectivity index (χ1) is 18.6. The zero-order valence-corrected chi connectivity index (χ0v) is 24.1. The van der Waals surface area contributed by atoms with E-state index in [0.29, 0.717) is 52.4 Å². The Morgan fingerprint density at radius 2 is 1.87 bits per heavy atom. The molecule has 1 heterocycles. The molecule has 3 aromatic carbocycles. The Morgan fingerprint density at radius 3 is 2.56 bits per heavy atom. The fraction of sp³-hybridized carbons (Fsp3) is 0.258. The lowest BCUT2D eigenvalue weighted by molar-refractivity contribution is 0.263. The van der Waals surface area contributed by atoms with E-state index in [1.807, 2.05) is 45.9 Å². The van der Waals surface area contributed by atoms with Crippen molar-refractivity contribution in [1.82, 2.24) is 9.66 Å². The number of nitrogens with zero attached hydrogens (tertiary/aromatic N) is 3. The Bertz CT molecular complexity index is 1610. The van der Waals surface area contributed by atoms with Crippen LogP contribution in [0.15, 0.2) is 81.6 Å². The number of hydrogen-bond donors (Lipinski definition) is 0. The summed E-state index contributed by atoms with van der Waals surface area (Å²) in [6.45, 7) is 12.2. The van der Waals surface area contributed by atoms with Crippen molar-refractivity contribution in [2.75, 3.05) is 6.61 Å². The summed E-state index contributed by atoms with van der Waals surface area (Å²) in [6, 6.07) is 15.6. The minimum atomic E-state index is -0.438. The van der Waals surface area contributed by atoms with E-state index in [-0.39, 0.29) is 18.0 Å². The molecule has 0 N–H and O–H groups in total. The normalized spacial score (nSPS) is 11.7. The Labute approximate surface area is 235 Å². The first-order valence-corrected chi connectivity index (χ1v) is 13.5. The van der Waals surface area contributed by atoms with Crippen molar-refractivity contribution in [2.45, 2.75) is 46.1 Å². The van der Waals surface area contributed by atoms with Gasteiger partial charge in [-0.2, -0.15) is 9.78 Å². The summed E-state index contributed by atoms with van der Waals surface area (Å²) in [7, 11) is 0. The highest BCUT2D eigenvalue weighted by atomic mass is 79.9. The highest BCUT2D eigenvalue weighted by Gasteiger charge is 2.23. The number of allylic oxidation sites excluding steroid dienone is 1. The van der Waals surface area contributed by atoms with Crippen LogP contribution in [0.5, 0.6) is 11.5 Å². The van der Waals surface area contributed by atoms with Crippen molar-refractivity contribution < 1.29 is 13.9 Å². The maximum atomic E-state index is 14.2. The number of ether oxygens (including phenoxy) is 2. The summed E-state index contributed by atoms with van der Waals surface area (Å²) >= 11 is 3.44. The molecule has 0 radical (unpaired) electrons. The molecule has 0 saturated carbocycles. The number of benzene rings is 3. The molecule has 0 bridgehead atoms. The largest absolute Gasteiger partial charge is 0.490 e. The SMILES string of the molecule is C=CCc1cc(C=Nn2c(C(C)(C)C)nc3ccc(Br)cc3c2=O)cc(OCC)c1OCc1ccccc1F. The van der Waals surface area contributed by atoms with Gasteiger partial charge in [0, 0.05) is 21.0 Å². The number of rotatable bonds is 9. The minimum Gasteiger partial charge on any atom is -0.490 e. The van der Waals surface area contributed by atoms with Gasteiger partial charge >= 0.3 is 0 Å². The molecular formula is C31H31BrFN3O3. The number of halogens is 2. The van der Waals surface area contributed by atoms with E-state index < -0.39 is 5.41 Å². The topological polar surface area (TPSA) is 65.7 Å². The molecule has 0 aliphatic carbocycles. The molecule has 1 aromatic heterocycles. The first kappa shape index (κ1) is 28.2. The summed E-state index contributed by atoms with van der Waals surface area (Å²) in [5.41, 5.74) is 1.87. The number of fused-ring (bicyclic) bond motifs is 1. The van der Waals surface area contributed by atoms with Crippen LogP contribution in [0.2, 0.25) is 0 Å². The summed E-state index contributed by atoms with van der Waals surface area (Å²) in [5, 5.41) is 5.06. The lowest BCUT2D eigenvalue weighted by atomic mass is 9.95. The van der Waals surface area contributed by atoms with Crippen molar-refractivity contribution >= 4 is 33.0 Å². The van der Waals surface area contributed by atoms with E-state index in [2.05, 4.69) is 27.6 Å². The van der Waals surface area contributed by atoms with E-state index >= 15 is 0 Å². The molecule has 0 aliphatic heterocycles. The van der Waals surface area contributed by atoms with Crippen LogP contribution in [-0.4, -0.2) is 22.5 Å². The van der Waals surface area contributed by atoms with E-state index in [0.717, 1.165) is 10.0 Å². The quantitative estimate of drug-likeness (QED) is 0.153.